The van der Waals surface area contributed by atoms with E-state index in [0.29, 0.717) is 4.72 Å². The highest BCUT2D eigenvalue weighted by atomic mass is 35.5. The summed E-state index contributed by atoms with van der Waals surface area (Å²) in [6.07, 6.45) is -5.68. The van der Waals surface area contributed by atoms with Crippen molar-refractivity contribution in [2.45, 2.75) is 11.1 Å². The molecule has 16 heteroatoms. The topological polar surface area (TPSA) is 98.2 Å². The third-order valence-electron chi connectivity index (χ3n) is 3.27. The predicted octanol–water partition coefficient (Wildman–Crippen LogP) is 4.37. The molecule has 0 unspecified atom stereocenters. The number of alkyl halides is 3. The zero-order valence-electron chi connectivity index (χ0n) is 13.8. The maximum absolute atomic E-state index is 14.1. The van der Waals surface area contributed by atoms with Crippen LogP contribution in [-0.4, -0.2) is 20.5 Å². The van der Waals surface area contributed by atoms with Crippen LogP contribution >= 0.6 is 11.6 Å². The molecule has 2 aromatic rings. The van der Waals surface area contributed by atoms with E-state index in [1.54, 1.807) is 0 Å². The largest absolute Gasteiger partial charge is 0.472 e. The Balaban J connectivity index is 0.00000450. The molecule has 0 radical (unpaired) electrons. The highest BCUT2D eigenvalue weighted by Crippen LogP contribution is 2.36. The number of nitrogens with one attached hydrogen (secondary N) is 1. The molecule has 0 aliphatic carbocycles. The van der Waals surface area contributed by atoms with Crippen molar-refractivity contribution in [1.82, 2.24) is 10.9 Å². The minimum atomic E-state index is -5.68. The van der Waals surface area contributed by atoms with Gasteiger partial charge in [0.2, 0.25) is 5.82 Å². The fourth-order valence-electron chi connectivity index (χ4n) is 2.00. The lowest BCUT2D eigenvalue weighted by Gasteiger charge is -2.14. The van der Waals surface area contributed by atoms with Crippen molar-refractivity contribution in [2.24, 2.45) is 0 Å². The molecular formula is C14H6ClF9N2O3S. The van der Waals surface area contributed by atoms with Crippen molar-refractivity contribution in [3.8, 4) is 11.1 Å². The van der Waals surface area contributed by atoms with E-state index in [9.17, 15) is 52.7 Å². The van der Waals surface area contributed by atoms with Crippen molar-refractivity contribution in [1.29, 1.82) is 0 Å². The second kappa shape index (κ2) is 8.31. The molecule has 0 heterocycles. The monoisotopic (exact) mass is 488 g/mol. The highest BCUT2D eigenvalue weighted by Gasteiger charge is 2.42. The van der Waals surface area contributed by atoms with Gasteiger partial charge in [0, 0.05) is 5.56 Å². The molecule has 2 aromatic carbocycles. The number of amides is 1. The van der Waals surface area contributed by atoms with E-state index in [2.05, 4.69) is 0 Å². The second-order valence-corrected chi connectivity index (χ2v) is 7.20. The summed E-state index contributed by atoms with van der Waals surface area (Å²) in [6, 6.07) is -0.0660. The van der Waals surface area contributed by atoms with E-state index in [-0.39, 0.29) is 18.3 Å². The van der Waals surface area contributed by atoms with Gasteiger partial charge in [-0.25, -0.2) is 39.5 Å². The Bertz CT molecular complexity index is 1110. The molecule has 30 heavy (non-hydrogen) atoms. The third-order valence-corrected chi connectivity index (χ3v) is 5.07. The summed E-state index contributed by atoms with van der Waals surface area (Å²) in [5, 5.41) is -1.16. The molecule has 0 saturated carbocycles. The van der Waals surface area contributed by atoms with E-state index < -0.39 is 78.1 Å². The number of carbonyl (C=O) groups is 1. The van der Waals surface area contributed by atoms with Gasteiger partial charge in [-0.3, -0.25) is 4.79 Å². The van der Waals surface area contributed by atoms with Gasteiger partial charge >= 0.3 is 12.1 Å². The van der Waals surface area contributed by atoms with Crippen LogP contribution in [0.5, 0.6) is 0 Å². The number of carbonyl (C=O) groups excluding carboxylic acids is 1. The van der Waals surface area contributed by atoms with Crippen molar-refractivity contribution in [3.63, 3.8) is 0 Å². The minimum absolute atomic E-state index is 0. The zero-order valence-corrected chi connectivity index (χ0v) is 15.3. The number of hydrogen-bond acceptors (Lipinski definition) is 4. The summed E-state index contributed by atoms with van der Waals surface area (Å²) in [5.41, 5.74) is -3.45. The van der Waals surface area contributed by atoms with Crippen molar-refractivity contribution >= 4 is 27.5 Å². The maximum Gasteiger partial charge on any atom is 0.472 e. The Morgan fingerprint density at radius 2 is 1.30 bits per heavy atom. The van der Waals surface area contributed by atoms with Gasteiger partial charge in [-0.1, -0.05) is 11.6 Å². The van der Waals surface area contributed by atoms with Crippen LogP contribution in [0.4, 0.5) is 39.5 Å². The average Bonchev–Trinajstić information content (AvgIpc) is 2.58. The molecule has 4 N–H and O–H groups in total. The van der Waals surface area contributed by atoms with Gasteiger partial charge in [0.15, 0.2) is 23.3 Å². The van der Waals surface area contributed by atoms with Gasteiger partial charge < -0.3 is 6.15 Å². The summed E-state index contributed by atoms with van der Waals surface area (Å²) < 4.78 is 143. The summed E-state index contributed by atoms with van der Waals surface area (Å²) in [4.78, 5) is 9.33. The third kappa shape index (κ3) is 4.46. The number of halogens is 10. The van der Waals surface area contributed by atoms with Crippen LogP contribution in [0, 0.1) is 34.9 Å². The molecule has 5 nitrogen and oxygen atoms in total. The minimum Gasteiger partial charge on any atom is -0.344 e. The summed E-state index contributed by atoms with van der Waals surface area (Å²) in [5.74, 6) is -17.5. The Labute approximate surface area is 166 Å². The molecule has 1 amide bonds. The van der Waals surface area contributed by atoms with E-state index in [0.717, 1.165) is 0 Å². The van der Waals surface area contributed by atoms with E-state index in [1.165, 1.54) is 0 Å². The predicted molar refractivity (Wildman–Crippen MR) is 83.0 cm³/mol. The first-order valence-electron chi connectivity index (χ1n) is 6.74. The quantitative estimate of drug-likeness (QED) is 0.381. The van der Waals surface area contributed by atoms with Crippen molar-refractivity contribution in [3.05, 3.63) is 52.1 Å². The zero-order chi connectivity index (χ0) is 22.5. The number of rotatable bonds is 3. The molecule has 0 spiro atoms. The van der Waals surface area contributed by atoms with E-state index in [1.807, 2.05) is 0 Å². The van der Waals surface area contributed by atoms with Gasteiger partial charge in [-0.2, -0.15) is 13.2 Å². The van der Waals surface area contributed by atoms with Gasteiger partial charge in [0.1, 0.15) is 10.7 Å². The number of sulfonamides is 1. The fourth-order valence-corrected chi connectivity index (χ4v) is 3.52. The standard InChI is InChI=1S/C14H3ClF9NO3S.H3N/c15-4-2-5(16)3(7-8(17)10(19)12(21)11(20)9(7)18)1-6(4)29(27,28)25-13(26)14(22,23)24;/h1-2H,(H,25,26);1H3. The Kier molecular flexibility index (Phi) is 7.07. The highest BCUT2D eigenvalue weighted by molar-refractivity contribution is 7.90. The van der Waals surface area contributed by atoms with Crippen LogP contribution in [0.15, 0.2) is 17.0 Å². The number of hydrogen-bond donors (Lipinski definition) is 2. The Morgan fingerprint density at radius 1 is 0.867 bits per heavy atom. The van der Waals surface area contributed by atoms with Crippen molar-refractivity contribution in [2.75, 3.05) is 0 Å². The molecule has 0 aromatic heterocycles. The van der Waals surface area contributed by atoms with Crippen molar-refractivity contribution < 1.29 is 52.7 Å². The van der Waals surface area contributed by atoms with Gasteiger partial charge in [-0.15, -0.1) is 0 Å². The lowest BCUT2D eigenvalue weighted by Crippen LogP contribution is -2.40. The van der Waals surface area contributed by atoms with Crippen LogP contribution in [0.25, 0.3) is 11.1 Å². The summed E-state index contributed by atoms with van der Waals surface area (Å²) >= 11 is 5.39. The molecule has 0 saturated heterocycles. The SMILES string of the molecule is N.O=C(NS(=O)(=O)c1cc(-c2c(F)c(F)c(F)c(F)c2F)c(F)cc1Cl)C(F)(F)F. The van der Waals surface area contributed by atoms with E-state index >= 15 is 0 Å². The number of benzene rings is 2. The normalized spacial score (nSPS) is 11.8. The first-order chi connectivity index (χ1) is 13.1. The van der Waals surface area contributed by atoms with E-state index in [4.69, 9.17) is 11.6 Å². The fraction of sp³-hybridized carbons (Fsp3) is 0.0714. The van der Waals surface area contributed by atoms with Crippen LogP contribution in [-0.2, 0) is 14.8 Å². The molecular weight excluding hydrogens is 483 g/mol. The molecule has 2 rings (SSSR count). The van der Waals surface area contributed by atoms with Crippen LogP contribution in [0.2, 0.25) is 5.02 Å². The first-order valence-corrected chi connectivity index (χ1v) is 8.60. The van der Waals surface area contributed by atoms with Gasteiger partial charge in [-0.05, 0) is 12.1 Å². The first kappa shape index (κ1) is 25.5. The van der Waals surface area contributed by atoms with Gasteiger partial charge in [0.25, 0.3) is 10.0 Å². The van der Waals surface area contributed by atoms with Crippen LogP contribution < -0.4 is 10.9 Å². The Morgan fingerprint density at radius 3 is 1.73 bits per heavy atom. The maximum atomic E-state index is 14.1. The molecule has 0 aliphatic rings. The molecule has 0 atom stereocenters. The molecule has 166 valence electrons. The summed E-state index contributed by atoms with van der Waals surface area (Å²) in [6.45, 7) is 0. The molecule has 0 fully saturated rings. The van der Waals surface area contributed by atoms with Gasteiger partial charge in [0.05, 0.1) is 10.6 Å². The molecule has 0 aliphatic heterocycles. The average molecular weight is 489 g/mol. The second-order valence-electron chi connectivity index (χ2n) is 5.14. The Hall–Kier alpha value is -2.52. The molecule has 0 bridgehead atoms. The smallest absolute Gasteiger partial charge is 0.344 e. The lowest BCUT2D eigenvalue weighted by molar-refractivity contribution is -0.171. The van der Waals surface area contributed by atoms with Crippen LogP contribution in [0.3, 0.4) is 0 Å². The summed E-state index contributed by atoms with van der Waals surface area (Å²) in [7, 11) is -5.50. The van der Waals surface area contributed by atoms with Crippen LogP contribution in [0.1, 0.15) is 0 Å². The lowest BCUT2D eigenvalue weighted by atomic mass is 10.0.